The minimum atomic E-state index is -4.54. The third-order valence-electron chi connectivity index (χ3n) is 1.83. The Morgan fingerprint density at radius 1 is 0.909 bits per heavy atom. The second kappa shape index (κ2) is 12.6. The maximum absolute atomic E-state index is 11.3. The van der Waals surface area contributed by atoms with Gasteiger partial charge in [0.25, 0.3) is 7.82 Å². The van der Waals surface area contributed by atoms with Gasteiger partial charge in [0.2, 0.25) is 0 Å². The smallest absolute Gasteiger partial charge is 0.756 e. The molecular formula is C12H18KO8P. The third-order valence-corrected chi connectivity index (χ3v) is 2.83. The van der Waals surface area contributed by atoms with Gasteiger partial charge < -0.3 is 23.4 Å². The van der Waals surface area contributed by atoms with Crippen LogP contribution in [-0.4, -0.2) is 38.4 Å². The Kier molecular flexibility index (Phi) is 14.0. The van der Waals surface area contributed by atoms with Crippen molar-refractivity contribution in [3.05, 3.63) is 24.3 Å². The van der Waals surface area contributed by atoms with Gasteiger partial charge in [-0.25, -0.2) is 9.59 Å². The molecule has 0 radical (unpaired) electrons. The maximum atomic E-state index is 11.3. The normalized spacial score (nSPS) is 10.3. The standard InChI is InChI=1S/C12H19O8P.K/c1-9(2)11(13)17-5-7-19-21(15,16)20-8-6-18-12(14)10(3)4;/h1,3,5-8H2,2,4H3,(H,15,16);/q;+1/p-1. The Hall–Kier alpha value is 0.166. The number of esters is 2. The molecule has 0 aliphatic rings. The van der Waals surface area contributed by atoms with Gasteiger partial charge >= 0.3 is 63.3 Å². The van der Waals surface area contributed by atoms with Gasteiger partial charge in [-0.1, -0.05) is 13.2 Å². The van der Waals surface area contributed by atoms with Gasteiger partial charge in [0.1, 0.15) is 13.2 Å². The van der Waals surface area contributed by atoms with Crippen molar-refractivity contribution >= 4 is 19.8 Å². The molecule has 0 bridgehead atoms. The van der Waals surface area contributed by atoms with E-state index in [0.717, 1.165) is 0 Å². The SMILES string of the molecule is C=C(C)C(=O)OCCOP(=O)([O-])OCCOC(=O)C(=C)C.[K+]. The molecule has 0 amide bonds. The van der Waals surface area contributed by atoms with Crippen LogP contribution in [0.1, 0.15) is 13.8 Å². The van der Waals surface area contributed by atoms with Crippen LogP contribution in [0.15, 0.2) is 24.3 Å². The molecule has 0 aliphatic heterocycles. The van der Waals surface area contributed by atoms with Crippen LogP contribution in [0.2, 0.25) is 0 Å². The Bertz CT molecular complexity index is 424. The second-order valence-corrected chi connectivity index (χ2v) is 5.36. The summed E-state index contributed by atoms with van der Waals surface area (Å²) in [5.41, 5.74) is 0.381. The fraction of sp³-hybridized carbons (Fsp3) is 0.500. The summed E-state index contributed by atoms with van der Waals surface area (Å²) < 4.78 is 29.4. The molecule has 0 aromatic rings. The number of phosphoric acid groups is 1. The zero-order valence-corrected chi connectivity index (χ0v) is 17.0. The van der Waals surface area contributed by atoms with E-state index in [1.54, 1.807) is 0 Å². The molecule has 0 rings (SSSR count). The van der Waals surface area contributed by atoms with Crippen molar-refractivity contribution in [1.29, 1.82) is 0 Å². The largest absolute Gasteiger partial charge is 1.00 e. The first-order valence-electron chi connectivity index (χ1n) is 5.91. The molecular weight excluding hydrogens is 342 g/mol. The van der Waals surface area contributed by atoms with Crippen molar-refractivity contribution in [3.63, 3.8) is 0 Å². The van der Waals surface area contributed by atoms with Crippen molar-refractivity contribution in [3.8, 4) is 0 Å². The Morgan fingerprint density at radius 2 is 1.23 bits per heavy atom. The molecule has 22 heavy (non-hydrogen) atoms. The number of hydrogen-bond acceptors (Lipinski definition) is 8. The van der Waals surface area contributed by atoms with Crippen molar-refractivity contribution < 1.29 is 89.0 Å². The zero-order chi connectivity index (χ0) is 16.5. The predicted molar refractivity (Wildman–Crippen MR) is 71.1 cm³/mol. The quantitative estimate of drug-likeness (QED) is 0.141. The van der Waals surface area contributed by atoms with E-state index in [1.807, 2.05) is 0 Å². The van der Waals surface area contributed by atoms with E-state index in [1.165, 1.54) is 13.8 Å². The summed E-state index contributed by atoms with van der Waals surface area (Å²) in [5, 5.41) is 0. The summed E-state index contributed by atoms with van der Waals surface area (Å²) in [6, 6.07) is 0. The number of carbonyl (C=O) groups excluding carboxylic acids is 2. The average Bonchev–Trinajstić information content (AvgIpc) is 2.38. The maximum Gasteiger partial charge on any atom is 1.00 e. The van der Waals surface area contributed by atoms with Gasteiger partial charge in [-0.15, -0.1) is 0 Å². The number of ether oxygens (including phenoxy) is 2. The van der Waals surface area contributed by atoms with Crippen LogP contribution in [0.3, 0.4) is 0 Å². The second-order valence-electron chi connectivity index (χ2n) is 3.95. The molecule has 0 fully saturated rings. The van der Waals surface area contributed by atoms with E-state index >= 15 is 0 Å². The van der Waals surface area contributed by atoms with E-state index in [-0.39, 0.29) is 89.0 Å². The Balaban J connectivity index is 0. The van der Waals surface area contributed by atoms with Gasteiger partial charge in [0, 0.05) is 11.1 Å². The minimum Gasteiger partial charge on any atom is -0.756 e. The molecule has 0 spiro atoms. The molecule has 8 nitrogen and oxygen atoms in total. The molecule has 0 atom stereocenters. The molecule has 10 heteroatoms. The Labute approximate surface area is 171 Å². The zero-order valence-electron chi connectivity index (χ0n) is 13.0. The van der Waals surface area contributed by atoms with Gasteiger partial charge in [-0.2, -0.15) is 0 Å². The molecule has 0 heterocycles. The van der Waals surface area contributed by atoms with Crippen molar-refractivity contribution in [2.24, 2.45) is 0 Å². The summed E-state index contributed by atoms with van der Waals surface area (Å²) in [4.78, 5) is 33.2. The molecule has 0 aromatic heterocycles. The van der Waals surface area contributed by atoms with Gasteiger partial charge in [-0.05, 0) is 13.8 Å². The molecule has 0 saturated carbocycles. The van der Waals surface area contributed by atoms with E-state index in [9.17, 15) is 19.0 Å². The van der Waals surface area contributed by atoms with E-state index in [2.05, 4.69) is 31.7 Å². The summed E-state index contributed by atoms with van der Waals surface area (Å²) in [7, 11) is -4.54. The van der Waals surface area contributed by atoms with Crippen molar-refractivity contribution in [2.45, 2.75) is 13.8 Å². The monoisotopic (exact) mass is 360 g/mol. The van der Waals surface area contributed by atoms with Crippen molar-refractivity contribution in [1.82, 2.24) is 0 Å². The van der Waals surface area contributed by atoms with Crippen LogP contribution in [0.5, 0.6) is 0 Å². The van der Waals surface area contributed by atoms with E-state index in [0.29, 0.717) is 0 Å². The first kappa shape index (κ1) is 24.4. The van der Waals surface area contributed by atoms with Crippen LogP contribution in [0.25, 0.3) is 0 Å². The van der Waals surface area contributed by atoms with Gasteiger partial charge in [0.15, 0.2) is 0 Å². The first-order valence-corrected chi connectivity index (χ1v) is 7.37. The summed E-state index contributed by atoms with van der Waals surface area (Å²) in [6.07, 6.45) is 0. The first-order chi connectivity index (χ1) is 9.65. The fourth-order valence-corrected chi connectivity index (χ4v) is 1.52. The molecule has 0 aliphatic carbocycles. The van der Waals surface area contributed by atoms with Crippen LogP contribution in [0.4, 0.5) is 0 Å². The fourth-order valence-electron chi connectivity index (χ4n) is 0.851. The predicted octanol–water partition coefficient (Wildman–Crippen LogP) is -2.27. The number of hydrogen-bond donors (Lipinski definition) is 0. The van der Waals surface area contributed by atoms with Crippen LogP contribution < -0.4 is 56.3 Å². The number of phosphoric ester groups is 1. The Morgan fingerprint density at radius 3 is 1.50 bits per heavy atom. The average molecular weight is 360 g/mol. The third kappa shape index (κ3) is 12.7. The molecule has 0 aromatic carbocycles. The molecule has 120 valence electrons. The number of carbonyl (C=O) groups is 2. The van der Waals surface area contributed by atoms with Crippen molar-refractivity contribution in [2.75, 3.05) is 26.4 Å². The van der Waals surface area contributed by atoms with E-state index < -0.39 is 19.8 Å². The topological polar surface area (TPSA) is 111 Å². The van der Waals surface area contributed by atoms with Crippen LogP contribution in [0, 0.1) is 0 Å². The number of rotatable bonds is 10. The minimum absolute atomic E-state index is 0. The molecule has 0 N–H and O–H groups in total. The molecule has 0 saturated heterocycles. The van der Waals surface area contributed by atoms with Crippen LogP contribution >= 0.6 is 7.82 Å². The van der Waals surface area contributed by atoms with Crippen LogP contribution in [-0.2, 0) is 32.7 Å². The summed E-state index contributed by atoms with van der Waals surface area (Å²) in [5.74, 6) is -1.29. The summed E-state index contributed by atoms with van der Waals surface area (Å²) in [6.45, 7) is 8.34. The van der Waals surface area contributed by atoms with Gasteiger partial charge in [-0.3, -0.25) is 4.57 Å². The summed E-state index contributed by atoms with van der Waals surface area (Å²) >= 11 is 0. The molecule has 0 unspecified atom stereocenters. The van der Waals surface area contributed by atoms with E-state index in [4.69, 9.17) is 0 Å². The van der Waals surface area contributed by atoms with Gasteiger partial charge in [0.05, 0.1) is 13.2 Å².